The zero-order valence-corrected chi connectivity index (χ0v) is 11.9. The maximum atomic E-state index is 12.2. The summed E-state index contributed by atoms with van der Waals surface area (Å²) in [6.07, 6.45) is 10.6. The number of hydrogen-bond acceptors (Lipinski definition) is 3. The van der Waals surface area contributed by atoms with Gasteiger partial charge in [-0.1, -0.05) is 31.8 Å². The van der Waals surface area contributed by atoms with Crippen molar-refractivity contribution in [2.24, 2.45) is 0 Å². The van der Waals surface area contributed by atoms with Gasteiger partial charge in [-0.2, -0.15) is 0 Å². The fourth-order valence-corrected chi connectivity index (χ4v) is 2.54. The molecule has 4 nitrogen and oxygen atoms in total. The lowest BCUT2D eigenvalue weighted by Gasteiger charge is -2.16. The van der Waals surface area contributed by atoms with Crippen LogP contribution < -0.4 is 10.6 Å². The summed E-state index contributed by atoms with van der Waals surface area (Å²) < 4.78 is 0. The van der Waals surface area contributed by atoms with Crippen molar-refractivity contribution >= 4 is 11.6 Å². The number of amides is 1. The zero-order valence-electron chi connectivity index (χ0n) is 11.9. The van der Waals surface area contributed by atoms with E-state index in [1.165, 1.54) is 25.7 Å². The van der Waals surface area contributed by atoms with Crippen LogP contribution in [0.25, 0.3) is 0 Å². The molecule has 0 saturated heterocycles. The van der Waals surface area contributed by atoms with E-state index in [1.807, 2.05) is 6.07 Å². The minimum Gasteiger partial charge on any atom is -0.381 e. The average Bonchev–Trinajstić information content (AvgIpc) is 2.74. The van der Waals surface area contributed by atoms with Gasteiger partial charge in [0.2, 0.25) is 0 Å². The second-order valence-electron chi connectivity index (χ2n) is 5.26. The number of anilines is 1. The molecule has 20 heavy (non-hydrogen) atoms. The summed E-state index contributed by atoms with van der Waals surface area (Å²) in [5, 5.41) is 6.27. The Balaban J connectivity index is 1.95. The number of pyridine rings is 1. The van der Waals surface area contributed by atoms with Gasteiger partial charge in [-0.15, -0.1) is 6.58 Å². The molecule has 2 N–H and O–H groups in total. The molecule has 108 valence electrons. The monoisotopic (exact) mass is 273 g/mol. The number of rotatable bonds is 5. The first-order valence-electron chi connectivity index (χ1n) is 7.41. The molecule has 1 aliphatic rings. The van der Waals surface area contributed by atoms with Crippen LogP contribution in [0.15, 0.2) is 31.0 Å². The Morgan fingerprint density at radius 2 is 2.10 bits per heavy atom. The van der Waals surface area contributed by atoms with E-state index in [4.69, 9.17) is 0 Å². The van der Waals surface area contributed by atoms with Crippen LogP contribution in [0.2, 0.25) is 0 Å². The lowest BCUT2D eigenvalue weighted by molar-refractivity contribution is 0.0928. The quantitative estimate of drug-likeness (QED) is 0.640. The molecule has 1 amide bonds. The van der Waals surface area contributed by atoms with Gasteiger partial charge < -0.3 is 10.6 Å². The number of nitrogens with one attached hydrogen (secondary N) is 2. The Kier molecular flexibility index (Phi) is 5.59. The summed E-state index contributed by atoms with van der Waals surface area (Å²) in [6.45, 7) is 4.34. The second kappa shape index (κ2) is 7.68. The molecule has 0 aliphatic heterocycles. The maximum absolute atomic E-state index is 12.2. The van der Waals surface area contributed by atoms with Crippen molar-refractivity contribution in [3.05, 3.63) is 36.7 Å². The van der Waals surface area contributed by atoms with Crippen LogP contribution in [-0.2, 0) is 0 Å². The Hall–Kier alpha value is -1.84. The Labute approximate surface area is 120 Å². The third-order valence-electron chi connectivity index (χ3n) is 3.63. The van der Waals surface area contributed by atoms with Crippen molar-refractivity contribution in [1.82, 2.24) is 10.3 Å². The Morgan fingerprint density at radius 3 is 2.80 bits per heavy atom. The first kappa shape index (κ1) is 14.6. The minimum atomic E-state index is -0.0702. The third kappa shape index (κ3) is 4.37. The third-order valence-corrected chi connectivity index (χ3v) is 3.63. The predicted octanol–water partition coefficient (Wildman–Crippen LogP) is 3.13. The molecule has 1 aliphatic carbocycles. The number of hydrogen-bond donors (Lipinski definition) is 2. The topological polar surface area (TPSA) is 54.0 Å². The van der Waals surface area contributed by atoms with Gasteiger partial charge in [-0.05, 0) is 25.0 Å². The molecule has 1 saturated carbocycles. The van der Waals surface area contributed by atoms with E-state index in [1.54, 1.807) is 18.3 Å². The van der Waals surface area contributed by atoms with Gasteiger partial charge in [0.15, 0.2) is 0 Å². The molecule has 0 unspecified atom stereocenters. The van der Waals surface area contributed by atoms with Gasteiger partial charge in [0.1, 0.15) is 5.69 Å². The van der Waals surface area contributed by atoms with Crippen LogP contribution >= 0.6 is 0 Å². The highest BCUT2D eigenvalue weighted by atomic mass is 16.1. The van der Waals surface area contributed by atoms with E-state index in [2.05, 4.69) is 22.2 Å². The second-order valence-corrected chi connectivity index (χ2v) is 5.26. The van der Waals surface area contributed by atoms with Crippen molar-refractivity contribution in [2.75, 3.05) is 11.9 Å². The van der Waals surface area contributed by atoms with E-state index < -0.39 is 0 Å². The molecule has 0 aromatic carbocycles. The highest BCUT2D eigenvalue weighted by Crippen LogP contribution is 2.17. The number of nitrogens with zero attached hydrogens (tertiary/aromatic N) is 1. The summed E-state index contributed by atoms with van der Waals surface area (Å²) in [5.41, 5.74) is 1.37. The largest absolute Gasteiger partial charge is 0.381 e. The number of carbonyl (C=O) groups excluding carboxylic acids is 1. The lowest BCUT2D eigenvalue weighted by atomic mass is 10.1. The first-order valence-corrected chi connectivity index (χ1v) is 7.41. The van der Waals surface area contributed by atoms with E-state index in [9.17, 15) is 4.79 Å². The zero-order chi connectivity index (χ0) is 14.2. The number of aromatic nitrogens is 1. The first-order chi connectivity index (χ1) is 9.79. The molecule has 0 spiro atoms. The summed E-state index contributed by atoms with van der Waals surface area (Å²) in [4.78, 5) is 16.4. The lowest BCUT2D eigenvalue weighted by Crippen LogP contribution is -2.34. The smallest absolute Gasteiger partial charge is 0.270 e. The molecule has 4 heteroatoms. The number of carbonyl (C=O) groups is 1. The standard InChI is InChI=1S/C16H23N3O/c1-2-10-17-14-9-11-18-15(12-14)16(20)19-13-7-5-3-4-6-8-13/h2,9,11-13H,1,3-8,10H2,(H,17,18)(H,19,20). The van der Waals surface area contributed by atoms with Crippen molar-refractivity contribution < 1.29 is 4.79 Å². The van der Waals surface area contributed by atoms with E-state index in [0.717, 1.165) is 18.5 Å². The molecule has 1 heterocycles. The Bertz CT molecular complexity index is 451. The van der Waals surface area contributed by atoms with Crippen LogP contribution in [0, 0.1) is 0 Å². The van der Waals surface area contributed by atoms with Crippen molar-refractivity contribution in [1.29, 1.82) is 0 Å². The molecule has 1 fully saturated rings. The summed E-state index contributed by atoms with van der Waals surface area (Å²) in [6, 6.07) is 3.94. The molecule has 0 atom stereocenters. The average molecular weight is 273 g/mol. The summed E-state index contributed by atoms with van der Waals surface area (Å²) in [7, 11) is 0. The van der Waals surface area contributed by atoms with Gasteiger partial charge in [0, 0.05) is 24.5 Å². The molecule has 0 bridgehead atoms. The molecule has 1 aromatic heterocycles. The van der Waals surface area contributed by atoms with E-state index in [0.29, 0.717) is 18.3 Å². The molecular formula is C16H23N3O. The highest BCUT2D eigenvalue weighted by molar-refractivity contribution is 5.93. The van der Waals surface area contributed by atoms with Crippen molar-refractivity contribution in [2.45, 2.75) is 44.6 Å². The molecule has 2 rings (SSSR count). The highest BCUT2D eigenvalue weighted by Gasteiger charge is 2.16. The maximum Gasteiger partial charge on any atom is 0.270 e. The van der Waals surface area contributed by atoms with Gasteiger partial charge in [0.25, 0.3) is 5.91 Å². The van der Waals surface area contributed by atoms with Gasteiger partial charge in [-0.3, -0.25) is 9.78 Å². The van der Waals surface area contributed by atoms with Crippen LogP contribution in [0.3, 0.4) is 0 Å². The molecular weight excluding hydrogens is 250 g/mol. The summed E-state index contributed by atoms with van der Waals surface area (Å²) in [5.74, 6) is -0.0702. The normalized spacial score (nSPS) is 16.2. The SMILES string of the molecule is C=CCNc1ccnc(C(=O)NC2CCCCCC2)c1. The van der Waals surface area contributed by atoms with Crippen LogP contribution in [0.5, 0.6) is 0 Å². The van der Waals surface area contributed by atoms with E-state index >= 15 is 0 Å². The molecule has 1 aromatic rings. The van der Waals surface area contributed by atoms with Crippen molar-refractivity contribution in [3.8, 4) is 0 Å². The summed E-state index contributed by atoms with van der Waals surface area (Å²) >= 11 is 0. The van der Waals surface area contributed by atoms with Gasteiger partial charge >= 0.3 is 0 Å². The Morgan fingerprint density at radius 1 is 1.35 bits per heavy atom. The van der Waals surface area contributed by atoms with Crippen LogP contribution in [0.4, 0.5) is 5.69 Å². The minimum absolute atomic E-state index is 0.0702. The van der Waals surface area contributed by atoms with Crippen LogP contribution in [0.1, 0.15) is 49.0 Å². The fraction of sp³-hybridized carbons (Fsp3) is 0.500. The molecule has 0 radical (unpaired) electrons. The predicted molar refractivity (Wildman–Crippen MR) is 81.9 cm³/mol. The van der Waals surface area contributed by atoms with Gasteiger partial charge in [0.05, 0.1) is 0 Å². The van der Waals surface area contributed by atoms with Crippen molar-refractivity contribution in [3.63, 3.8) is 0 Å². The van der Waals surface area contributed by atoms with Crippen LogP contribution in [-0.4, -0.2) is 23.5 Å². The fourth-order valence-electron chi connectivity index (χ4n) is 2.54. The van der Waals surface area contributed by atoms with Gasteiger partial charge in [-0.25, -0.2) is 0 Å². The van der Waals surface area contributed by atoms with E-state index in [-0.39, 0.29) is 5.91 Å².